The van der Waals surface area contributed by atoms with Crippen LogP contribution < -0.4 is 0 Å². The van der Waals surface area contributed by atoms with E-state index in [0.29, 0.717) is 21.9 Å². The minimum Gasteiger partial charge on any atom is -0.455 e. The second-order valence-electron chi connectivity index (χ2n) is 12.6. The standard InChI is InChI=1S/C50H30O/c1-2-12-31(13-3-1)36-29-45(49-44-27-24-33-15-5-7-17-39(33)50(44)51-46(49)30-36)48-42-20-10-8-18-40(42)47(41-19-9-11-21-43(41)48)35-25-26-38-34(28-35)23-22-32-14-4-6-16-37(32)38/h1-30H/i1D,2D,3D,8D,9D,10D,11D,12D,13D,18D,19D,20D,21D. The van der Waals surface area contributed by atoms with Gasteiger partial charge in [-0.05, 0) is 106 Å². The normalized spacial score (nSPS) is 15.5. The Labute approximate surface area is 312 Å². The molecule has 51 heavy (non-hydrogen) atoms. The van der Waals surface area contributed by atoms with E-state index in [-0.39, 0.29) is 54.9 Å². The van der Waals surface area contributed by atoms with Gasteiger partial charge in [-0.25, -0.2) is 0 Å². The van der Waals surface area contributed by atoms with Crippen LogP contribution in [-0.2, 0) is 0 Å². The largest absolute Gasteiger partial charge is 0.455 e. The van der Waals surface area contributed by atoms with E-state index in [0.717, 1.165) is 32.3 Å². The van der Waals surface area contributed by atoms with Gasteiger partial charge in [0.1, 0.15) is 11.2 Å². The van der Waals surface area contributed by atoms with E-state index in [1.165, 1.54) is 0 Å². The smallest absolute Gasteiger partial charge is 0.143 e. The molecule has 10 aromatic carbocycles. The topological polar surface area (TPSA) is 13.1 Å². The molecule has 0 N–H and O–H groups in total. The molecule has 0 aliphatic carbocycles. The Balaban J connectivity index is 1.41. The van der Waals surface area contributed by atoms with E-state index in [1.807, 2.05) is 84.9 Å². The molecule has 11 aromatic rings. The Hall–Kier alpha value is -6.70. The SMILES string of the molecule is [2H]c1c([2H])c([2H])c(-c2cc(-c3c4c([2H])c([2H])c([2H])c([2H])c4c(-c4ccc5c(ccc6ccccc65)c4)c4c([2H])c([2H])c([2H])c([2H])c34)c3c(c2)oc2c4ccccc4ccc23)c([2H])c1[2H]. The zero-order chi connectivity index (χ0) is 44.8. The summed E-state index contributed by atoms with van der Waals surface area (Å²) in [5.41, 5.74) is 1.50. The maximum Gasteiger partial charge on any atom is 0.143 e. The highest BCUT2D eigenvalue weighted by molar-refractivity contribution is 6.27. The van der Waals surface area contributed by atoms with Crippen molar-refractivity contribution in [3.63, 3.8) is 0 Å². The van der Waals surface area contributed by atoms with E-state index in [1.54, 1.807) is 18.2 Å². The lowest BCUT2D eigenvalue weighted by Crippen LogP contribution is -1.92. The van der Waals surface area contributed by atoms with E-state index in [4.69, 9.17) is 16.8 Å². The van der Waals surface area contributed by atoms with Crippen LogP contribution in [0.2, 0.25) is 0 Å². The molecular weight excluding hydrogens is 617 g/mol. The first-order valence-electron chi connectivity index (χ1n) is 23.0. The summed E-state index contributed by atoms with van der Waals surface area (Å²) in [6, 6.07) is 25.1. The number of benzene rings is 10. The molecule has 0 saturated heterocycles. The summed E-state index contributed by atoms with van der Waals surface area (Å²) in [6.45, 7) is 0. The van der Waals surface area contributed by atoms with Gasteiger partial charge in [0.2, 0.25) is 0 Å². The average Bonchev–Trinajstić information content (AvgIpc) is 3.70. The highest BCUT2D eigenvalue weighted by atomic mass is 16.3. The molecule has 0 fully saturated rings. The first kappa shape index (κ1) is 18.3. The van der Waals surface area contributed by atoms with Crippen molar-refractivity contribution in [1.29, 1.82) is 0 Å². The lowest BCUT2D eigenvalue weighted by atomic mass is 9.83. The molecule has 1 nitrogen and oxygen atoms in total. The van der Waals surface area contributed by atoms with Gasteiger partial charge in [0.15, 0.2) is 0 Å². The van der Waals surface area contributed by atoms with Crippen LogP contribution in [0.4, 0.5) is 0 Å². The molecule has 0 aliphatic heterocycles. The number of hydrogen-bond acceptors (Lipinski definition) is 1. The van der Waals surface area contributed by atoms with Crippen LogP contribution >= 0.6 is 0 Å². The molecule has 0 radical (unpaired) electrons. The monoisotopic (exact) mass is 659 g/mol. The first-order chi connectivity index (χ1) is 30.7. The second kappa shape index (κ2) is 10.9. The van der Waals surface area contributed by atoms with E-state index in [9.17, 15) is 5.48 Å². The third kappa shape index (κ3) is 4.22. The van der Waals surface area contributed by atoms with E-state index in [2.05, 4.69) is 0 Å². The Kier molecular flexibility index (Phi) is 3.92. The molecule has 0 bridgehead atoms. The molecule has 0 amide bonds. The van der Waals surface area contributed by atoms with Crippen molar-refractivity contribution >= 4 is 75.8 Å². The van der Waals surface area contributed by atoms with Crippen LogP contribution in [0.3, 0.4) is 0 Å². The van der Waals surface area contributed by atoms with Crippen molar-refractivity contribution in [3.05, 3.63) is 182 Å². The number of rotatable bonds is 3. The van der Waals surface area contributed by atoms with Gasteiger partial charge in [0.25, 0.3) is 0 Å². The van der Waals surface area contributed by atoms with Crippen LogP contribution in [0.1, 0.15) is 17.8 Å². The van der Waals surface area contributed by atoms with Gasteiger partial charge < -0.3 is 4.42 Å². The van der Waals surface area contributed by atoms with Crippen molar-refractivity contribution in [2.75, 3.05) is 0 Å². The lowest BCUT2D eigenvalue weighted by molar-refractivity contribution is 0.673. The molecular formula is C50H30O. The molecule has 0 atom stereocenters. The second-order valence-corrected chi connectivity index (χ2v) is 12.6. The highest BCUT2D eigenvalue weighted by Gasteiger charge is 2.22. The fraction of sp³-hybridized carbons (Fsp3) is 0. The molecule has 0 unspecified atom stereocenters. The molecule has 1 aromatic heterocycles. The van der Waals surface area contributed by atoms with Crippen molar-refractivity contribution < 1.29 is 22.2 Å². The Bertz CT molecular complexity index is 3840. The summed E-state index contributed by atoms with van der Waals surface area (Å²) in [5, 5.41) is 6.27. The van der Waals surface area contributed by atoms with Gasteiger partial charge in [0.05, 0.1) is 17.8 Å². The minimum atomic E-state index is -0.586. The zero-order valence-electron chi connectivity index (χ0n) is 39.7. The van der Waals surface area contributed by atoms with Crippen molar-refractivity contribution in [3.8, 4) is 33.4 Å². The van der Waals surface area contributed by atoms with Crippen molar-refractivity contribution in [2.24, 2.45) is 0 Å². The fourth-order valence-electron chi connectivity index (χ4n) is 7.72. The number of furan rings is 1. The maximum absolute atomic E-state index is 9.66. The first-order valence-corrected chi connectivity index (χ1v) is 16.5. The van der Waals surface area contributed by atoms with Crippen LogP contribution in [0.25, 0.3) is 109 Å². The quantitative estimate of drug-likeness (QED) is 0.136. The molecule has 1 heterocycles. The molecule has 0 saturated carbocycles. The third-order valence-electron chi connectivity index (χ3n) is 9.93. The summed E-state index contributed by atoms with van der Waals surface area (Å²) in [7, 11) is 0. The lowest BCUT2D eigenvalue weighted by Gasteiger charge is -2.19. The summed E-state index contributed by atoms with van der Waals surface area (Å²) < 4.78 is 125. The van der Waals surface area contributed by atoms with Crippen molar-refractivity contribution in [2.45, 2.75) is 0 Å². The third-order valence-corrected chi connectivity index (χ3v) is 9.93. The van der Waals surface area contributed by atoms with Gasteiger partial charge in [-0.2, -0.15) is 0 Å². The molecule has 0 spiro atoms. The fourth-order valence-corrected chi connectivity index (χ4v) is 7.72. The molecule has 236 valence electrons. The highest BCUT2D eigenvalue weighted by Crippen LogP contribution is 2.49. The minimum absolute atomic E-state index is 0.0123. The van der Waals surface area contributed by atoms with Gasteiger partial charge >= 0.3 is 0 Å². The molecule has 1 heteroatoms. The zero-order valence-corrected chi connectivity index (χ0v) is 26.7. The average molecular weight is 660 g/mol. The van der Waals surface area contributed by atoms with E-state index < -0.39 is 78.6 Å². The van der Waals surface area contributed by atoms with Crippen LogP contribution in [-0.4, -0.2) is 0 Å². The summed E-state index contributed by atoms with van der Waals surface area (Å²) in [5.74, 6) is 0. The van der Waals surface area contributed by atoms with Gasteiger partial charge in [-0.15, -0.1) is 0 Å². The summed E-state index contributed by atoms with van der Waals surface area (Å²) in [4.78, 5) is 0. The van der Waals surface area contributed by atoms with Crippen LogP contribution in [0.5, 0.6) is 0 Å². The van der Waals surface area contributed by atoms with E-state index >= 15 is 0 Å². The maximum atomic E-state index is 9.66. The summed E-state index contributed by atoms with van der Waals surface area (Å²) in [6.07, 6.45) is 0. The predicted octanol–water partition coefficient (Wildman–Crippen LogP) is 14.4. The van der Waals surface area contributed by atoms with Gasteiger partial charge in [0, 0.05) is 16.2 Å². The van der Waals surface area contributed by atoms with Gasteiger partial charge in [-0.1, -0.05) is 157 Å². The van der Waals surface area contributed by atoms with Crippen molar-refractivity contribution in [1.82, 2.24) is 0 Å². The van der Waals surface area contributed by atoms with Crippen LogP contribution in [0, 0.1) is 0 Å². The van der Waals surface area contributed by atoms with Crippen LogP contribution in [0.15, 0.2) is 186 Å². The number of hydrogen-bond donors (Lipinski definition) is 0. The van der Waals surface area contributed by atoms with Gasteiger partial charge in [-0.3, -0.25) is 0 Å². The predicted molar refractivity (Wildman–Crippen MR) is 218 cm³/mol. The molecule has 0 aliphatic rings. The Morgan fingerprint density at radius 3 is 1.69 bits per heavy atom. The Morgan fingerprint density at radius 2 is 0.941 bits per heavy atom. The molecule has 11 rings (SSSR count). The summed E-state index contributed by atoms with van der Waals surface area (Å²) >= 11 is 0. The Morgan fingerprint density at radius 1 is 0.373 bits per heavy atom. The number of fused-ring (bicyclic) bond motifs is 10.